The summed E-state index contributed by atoms with van der Waals surface area (Å²) in [6, 6.07) is 19.9. The minimum atomic E-state index is -0.172. The summed E-state index contributed by atoms with van der Waals surface area (Å²) in [5.74, 6) is -0.172. The first-order valence-electron chi connectivity index (χ1n) is 7.61. The van der Waals surface area contributed by atoms with E-state index < -0.39 is 0 Å². The largest absolute Gasteiger partial charge is 0.321 e. The Morgan fingerprint density at radius 2 is 1.71 bits per heavy atom. The second-order valence-corrected chi connectivity index (χ2v) is 7.13. The molecule has 0 fully saturated rings. The Morgan fingerprint density at radius 1 is 0.958 bits per heavy atom. The van der Waals surface area contributed by atoms with Crippen molar-refractivity contribution in [2.24, 2.45) is 0 Å². The summed E-state index contributed by atoms with van der Waals surface area (Å²) in [5, 5.41) is 6.63. The van der Waals surface area contributed by atoms with Crippen molar-refractivity contribution in [3.8, 4) is 0 Å². The highest BCUT2D eigenvalue weighted by molar-refractivity contribution is 7.22. The van der Waals surface area contributed by atoms with Crippen LogP contribution in [0.1, 0.15) is 15.2 Å². The number of aryl methyl sites for hydroxylation is 1. The van der Waals surface area contributed by atoms with Gasteiger partial charge in [0.25, 0.3) is 5.91 Å². The van der Waals surface area contributed by atoms with E-state index in [2.05, 4.69) is 17.4 Å². The van der Waals surface area contributed by atoms with E-state index in [4.69, 9.17) is 11.6 Å². The first kappa shape index (κ1) is 15.2. The minimum absolute atomic E-state index is 0.172. The lowest BCUT2D eigenvalue weighted by atomic mass is 10.1. The van der Waals surface area contributed by atoms with Gasteiger partial charge in [0.1, 0.15) is 4.88 Å². The predicted octanol–water partition coefficient (Wildman–Crippen LogP) is 6.27. The minimum Gasteiger partial charge on any atom is -0.321 e. The molecular formula is C20H14ClNOS. The number of benzene rings is 3. The van der Waals surface area contributed by atoms with Gasteiger partial charge in [0.05, 0.1) is 5.02 Å². The fourth-order valence-corrected chi connectivity index (χ4v) is 4.30. The second kappa shape index (κ2) is 5.93. The molecular weight excluding hydrogens is 338 g/mol. The second-order valence-electron chi connectivity index (χ2n) is 5.73. The lowest BCUT2D eigenvalue weighted by Gasteiger charge is -2.04. The molecule has 0 saturated carbocycles. The molecule has 2 nitrogen and oxygen atoms in total. The fraction of sp³-hybridized carbons (Fsp3) is 0.0500. The van der Waals surface area contributed by atoms with Crippen molar-refractivity contribution in [3.05, 3.63) is 76.1 Å². The van der Waals surface area contributed by atoms with E-state index in [1.165, 1.54) is 11.3 Å². The maximum absolute atomic E-state index is 12.6. The summed E-state index contributed by atoms with van der Waals surface area (Å²) in [5.41, 5.74) is 1.92. The third kappa shape index (κ3) is 2.56. The Morgan fingerprint density at radius 3 is 2.50 bits per heavy atom. The molecule has 1 aromatic heterocycles. The van der Waals surface area contributed by atoms with Crippen LogP contribution in [0.3, 0.4) is 0 Å². The number of amides is 1. The molecule has 3 aromatic carbocycles. The van der Waals surface area contributed by atoms with Crippen LogP contribution < -0.4 is 5.32 Å². The first-order chi connectivity index (χ1) is 11.6. The van der Waals surface area contributed by atoms with Crippen molar-refractivity contribution < 1.29 is 4.79 Å². The zero-order valence-corrected chi connectivity index (χ0v) is 14.5. The molecule has 0 aliphatic rings. The van der Waals surface area contributed by atoms with Gasteiger partial charge in [-0.1, -0.05) is 65.7 Å². The molecule has 4 aromatic rings. The summed E-state index contributed by atoms with van der Waals surface area (Å²) < 4.78 is 1.05. The number of carbonyl (C=O) groups is 1. The number of nitrogens with one attached hydrogen (secondary N) is 1. The van der Waals surface area contributed by atoms with Gasteiger partial charge in [-0.3, -0.25) is 4.79 Å². The molecule has 0 atom stereocenters. The number of halogens is 1. The summed E-state index contributed by atoms with van der Waals surface area (Å²) in [6.07, 6.45) is 0. The van der Waals surface area contributed by atoms with Gasteiger partial charge in [0, 0.05) is 15.8 Å². The Kier molecular flexibility index (Phi) is 3.75. The summed E-state index contributed by atoms with van der Waals surface area (Å²) in [7, 11) is 0. The molecule has 0 aliphatic heterocycles. The molecule has 0 unspecified atom stereocenters. The zero-order valence-electron chi connectivity index (χ0n) is 13.0. The summed E-state index contributed by atoms with van der Waals surface area (Å²) >= 11 is 7.93. The number of rotatable bonds is 2. The normalized spacial score (nSPS) is 11.1. The van der Waals surface area contributed by atoms with Crippen molar-refractivity contribution in [1.29, 1.82) is 0 Å². The van der Waals surface area contributed by atoms with Crippen LogP contribution in [0.15, 0.2) is 60.7 Å². The molecule has 0 saturated heterocycles. The van der Waals surface area contributed by atoms with E-state index in [0.717, 1.165) is 32.1 Å². The predicted molar refractivity (Wildman–Crippen MR) is 103 cm³/mol. The van der Waals surface area contributed by atoms with E-state index in [9.17, 15) is 4.79 Å². The average molecular weight is 352 g/mol. The molecule has 0 spiro atoms. The van der Waals surface area contributed by atoms with Gasteiger partial charge in [0.15, 0.2) is 0 Å². The lowest BCUT2D eigenvalue weighted by Crippen LogP contribution is -2.10. The maximum atomic E-state index is 12.6. The molecule has 118 valence electrons. The van der Waals surface area contributed by atoms with Crippen LogP contribution in [-0.2, 0) is 0 Å². The van der Waals surface area contributed by atoms with Gasteiger partial charge >= 0.3 is 0 Å². The van der Waals surface area contributed by atoms with Gasteiger partial charge in [-0.25, -0.2) is 0 Å². The first-order valence-corrected chi connectivity index (χ1v) is 8.81. The molecule has 4 heteroatoms. The van der Waals surface area contributed by atoms with Crippen LogP contribution >= 0.6 is 22.9 Å². The molecule has 4 rings (SSSR count). The smallest absolute Gasteiger partial charge is 0.267 e. The van der Waals surface area contributed by atoms with Crippen LogP contribution in [0.4, 0.5) is 5.69 Å². The van der Waals surface area contributed by atoms with Crippen molar-refractivity contribution in [3.63, 3.8) is 0 Å². The Hall–Kier alpha value is -2.36. The van der Waals surface area contributed by atoms with E-state index in [1.54, 1.807) is 0 Å². The van der Waals surface area contributed by atoms with E-state index in [0.29, 0.717) is 9.90 Å². The highest BCUT2D eigenvalue weighted by Gasteiger charge is 2.18. The Labute approximate surface area is 148 Å². The summed E-state index contributed by atoms with van der Waals surface area (Å²) in [4.78, 5) is 13.2. The monoisotopic (exact) mass is 351 g/mol. The number of carbonyl (C=O) groups excluding carboxylic acids is 1. The van der Waals surface area contributed by atoms with Gasteiger partial charge in [-0.05, 0) is 29.8 Å². The molecule has 0 radical (unpaired) electrons. The average Bonchev–Trinajstić information content (AvgIpc) is 2.94. The fourth-order valence-electron chi connectivity index (χ4n) is 2.77. The number of hydrogen-bond acceptors (Lipinski definition) is 2. The third-order valence-electron chi connectivity index (χ3n) is 4.04. The van der Waals surface area contributed by atoms with Crippen molar-refractivity contribution in [2.75, 3.05) is 5.32 Å². The molecule has 0 aliphatic carbocycles. The van der Waals surface area contributed by atoms with E-state index in [1.807, 2.05) is 55.5 Å². The van der Waals surface area contributed by atoms with Crippen LogP contribution in [-0.4, -0.2) is 5.91 Å². The van der Waals surface area contributed by atoms with Gasteiger partial charge in [-0.2, -0.15) is 0 Å². The van der Waals surface area contributed by atoms with Gasteiger partial charge in [0.2, 0.25) is 0 Å². The molecule has 0 bridgehead atoms. The molecule has 1 N–H and O–H groups in total. The van der Waals surface area contributed by atoms with Gasteiger partial charge < -0.3 is 5.32 Å². The van der Waals surface area contributed by atoms with Crippen LogP contribution in [0.5, 0.6) is 0 Å². The van der Waals surface area contributed by atoms with E-state index in [-0.39, 0.29) is 5.91 Å². The molecule has 1 heterocycles. The van der Waals surface area contributed by atoms with Crippen LogP contribution in [0.25, 0.3) is 20.9 Å². The topological polar surface area (TPSA) is 29.1 Å². The third-order valence-corrected chi connectivity index (χ3v) is 5.78. The van der Waals surface area contributed by atoms with Crippen LogP contribution in [0.2, 0.25) is 5.02 Å². The summed E-state index contributed by atoms with van der Waals surface area (Å²) in [6.45, 7) is 2.01. The van der Waals surface area contributed by atoms with Crippen molar-refractivity contribution in [1.82, 2.24) is 0 Å². The number of anilines is 1. The van der Waals surface area contributed by atoms with Gasteiger partial charge in [-0.15, -0.1) is 11.3 Å². The SMILES string of the molecule is Cc1ccc(NC(=O)c2sc3c(ccc4ccccc43)c2Cl)cc1. The lowest BCUT2D eigenvalue weighted by molar-refractivity contribution is 0.103. The molecule has 24 heavy (non-hydrogen) atoms. The van der Waals surface area contributed by atoms with Crippen molar-refractivity contribution >= 4 is 55.4 Å². The van der Waals surface area contributed by atoms with E-state index >= 15 is 0 Å². The standard InChI is InChI=1S/C20H14ClNOS/c1-12-6-9-14(10-7-12)22-20(23)19-17(21)16-11-8-13-4-2-3-5-15(13)18(16)24-19/h2-11H,1H3,(H,22,23). The Balaban J connectivity index is 1.78. The number of fused-ring (bicyclic) bond motifs is 3. The zero-order chi connectivity index (χ0) is 16.7. The highest BCUT2D eigenvalue weighted by atomic mass is 35.5. The molecule has 1 amide bonds. The quantitative estimate of drug-likeness (QED) is 0.453. The number of hydrogen-bond donors (Lipinski definition) is 1. The Bertz CT molecular complexity index is 1070. The van der Waals surface area contributed by atoms with Crippen molar-refractivity contribution in [2.45, 2.75) is 6.92 Å². The number of thiophene rings is 1. The van der Waals surface area contributed by atoms with Crippen LogP contribution in [0, 0.1) is 6.92 Å². The highest BCUT2D eigenvalue weighted by Crippen LogP contribution is 2.39. The maximum Gasteiger partial charge on any atom is 0.267 e.